The summed E-state index contributed by atoms with van der Waals surface area (Å²) in [6, 6.07) is 66.9. The zero-order chi connectivity index (χ0) is 38.2. The van der Waals surface area contributed by atoms with E-state index in [9.17, 15) is 0 Å². The highest BCUT2D eigenvalue weighted by atomic mass is 15.1. The van der Waals surface area contributed by atoms with Crippen molar-refractivity contribution in [2.45, 2.75) is 12.8 Å². The molecule has 0 atom stereocenters. The van der Waals surface area contributed by atoms with Gasteiger partial charge in [-0.3, -0.25) is 0 Å². The highest BCUT2D eigenvalue weighted by Gasteiger charge is 2.27. The van der Waals surface area contributed by atoms with Gasteiger partial charge in [-0.1, -0.05) is 140 Å². The Morgan fingerprint density at radius 1 is 0.328 bits per heavy atom. The lowest BCUT2D eigenvalue weighted by molar-refractivity contribution is 0.971. The molecule has 3 aromatic heterocycles. The van der Waals surface area contributed by atoms with Crippen LogP contribution in [-0.4, -0.2) is 24.1 Å². The van der Waals surface area contributed by atoms with E-state index in [1.807, 2.05) is 60.7 Å². The minimum atomic E-state index is 0.643. The first-order chi connectivity index (χ1) is 28.8. The molecule has 0 saturated heterocycles. The number of para-hydroxylation sites is 2. The van der Waals surface area contributed by atoms with Crippen molar-refractivity contribution in [1.82, 2.24) is 24.1 Å². The van der Waals surface area contributed by atoms with Crippen LogP contribution in [0.1, 0.15) is 11.1 Å². The lowest BCUT2D eigenvalue weighted by Gasteiger charge is -2.15. The molecule has 0 amide bonds. The molecule has 12 rings (SSSR count). The Morgan fingerprint density at radius 2 is 0.862 bits per heavy atom. The summed E-state index contributed by atoms with van der Waals surface area (Å²) in [7, 11) is 0. The van der Waals surface area contributed by atoms with E-state index in [0.717, 1.165) is 46.3 Å². The van der Waals surface area contributed by atoms with E-state index in [2.05, 4.69) is 137 Å². The average Bonchev–Trinajstić information content (AvgIpc) is 3.83. The minimum absolute atomic E-state index is 0.643. The van der Waals surface area contributed by atoms with Crippen LogP contribution in [0.5, 0.6) is 0 Å². The predicted octanol–water partition coefficient (Wildman–Crippen LogP) is 12.8. The number of benzene rings is 8. The van der Waals surface area contributed by atoms with E-state index in [4.69, 9.17) is 15.0 Å². The van der Waals surface area contributed by atoms with E-state index >= 15 is 0 Å². The molecule has 58 heavy (non-hydrogen) atoms. The number of fused-ring (bicyclic) bond motifs is 4. The van der Waals surface area contributed by atoms with Gasteiger partial charge in [0.25, 0.3) is 0 Å². The van der Waals surface area contributed by atoms with Gasteiger partial charge < -0.3 is 9.13 Å². The molecule has 0 unspecified atom stereocenters. The summed E-state index contributed by atoms with van der Waals surface area (Å²) in [4.78, 5) is 14.9. The van der Waals surface area contributed by atoms with Gasteiger partial charge in [0, 0.05) is 49.6 Å². The second-order valence-corrected chi connectivity index (χ2v) is 15.2. The van der Waals surface area contributed by atoms with E-state index in [0.29, 0.717) is 17.5 Å². The van der Waals surface area contributed by atoms with Crippen LogP contribution in [0, 0.1) is 0 Å². The van der Waals surface area contributed by atoms with Crippen LogP contribution in [0.15, 0.2) is 188 Å². The second-order valence-electron chi connectivity index (χ2n) is 15.2. The van der Waals surface area contributed by atoms with E-state index in [1.54, 1.807) is 0 Å². The summed E-state index contributed by atoms with van der Waals surface area (Å²) in [5.41, 5.74) is 15.2. The Balaban J connectivity index is 1.03. The molecular weight excluding hydrogens is 707 g/mol. The molecular formula is C53H35N5. The quantitative estimate of drug-likeness (QED) is 0.170. The van der Waals surface area contributed by atoms with Gasteiger partial charge in [-0.05, 0) is 83.6 Å². The van der Waals surface area contributed by atoms with Crippen LogP contribution < -0.4 is 0 Å². The largest absolute Gasteiger partial charge is 0.307 e. The number of aryl methyl sites for hydroxylation is 2. The first kappa shape index (κ1) is 32.6. The van der Waals surface area contributed by atoms with Crippen LogP contribution in [-0.2, 0) is 12.8 Å². The molecule has 1 aliphatic carbocycles. The lowest BCUT2D eigenvalue weighted by atomic mass is 9.90. The third-order valence-corrected chi connectivity index (χ3v) is 11.8. The second kappa shape index (κ2) is 13.0. The molecule has 0 fully saturated rings. The Hall–Kier alpha value is -7.63. The van der Waals surface area contributed by atoms with Crippen LogP contribution >= 0.6 is 0 Å². The molecule has 11 aromatic rings. The van der Waals surface area contributed by atoms with Gasteiger partial charge in [-0.25, -0.2) is 15.0 Å². The van der Waals surface area contributed by atoms with Gasteiger partial charge in [-0.2, -0.15) is 0 Å². The summed E-state index contributed by atoms with van der Waals surface area (Å²) in [6.45, 7) is 0. The first-order valence-electron chi connectivity index (χ1n) is 19.9. The molecule has 0 N–H and O–H groups in total. The number of rotatable bonds is 6. The Bertz CT molecular complexity index is 3310. The molecule has 0 spiro atoms. The maximum absolute atomic E-state index is 5.00. The number of hydrogen-bond acceptors (Lipinski definition) is 3. The maximum Gasteiger partial charge on any atom is 0.164 e. The fourth-order valence-electron chi connectivity index (χ4n) is 9.21. The summed E-state index contributed by atoms with van der Waals surface area (Å²) < 4.78 is 4.99. The van der Waals surface area contributed by atoms with Gasteiger partial charge in [-0.15, -0.1) is 0 Å². The molecule has 0 saturated carbocycles. The van der Waals surface area contributed by atoms with Crippen molar-refractivity contribution in [1.29, 1.82) is 0 Å². The maximum atomic E-state index is 5.00. The van der Waals surface area contributed by atoms with Crippen molar-refractivity contribution < 1.29 is 0 Å². The third kappa shape index (κ3) is 5.07. The monoisotopic (exact) mass is 741 g/mol. The third-order valence-electron chi connectivity index (χ3n) is 11.8. The highest BCUT2D eigenvalue weighted by Crippen LogP contribution is 2.46. The molecule has 5 heteroatoms. The normalized spacial score (nSPS) is 12.3. The highest BCUT2D eigenvalue weighted by molar-refractivity contribution is 6.26. The summed E-state index contributed by atoms with van der Waals surface area (Å²) in [5, 5.41) is 5.34. The molecule has 5 nitrogen and oxygen atoms in total. The Labute approximate surface area is 335 Å². The van der Waals surface area contributed by atoms with E-state index < -0.39 is 0 Å². The zero-order valence-electron chi connectivity index (χ0n) is 31.5. The van der Waals surface area contributed by atoms with Crippen LogP contribution in [0.3, 0.4) is 0 Å². The van der Waals surface area contributed by atoms with Gasteiger partial charge in [0.05, 0.1) is 22.1 Å². The van der Waals surface area contributed by atoms with Crippen LogP contribution in [0.25, 0.3) is 100 Å². The topological polar surface area (TPSA) is 48.5 Å². The fourth-order valence-corrected chi connectivity index (χ4v) is 9.21. The van der Waals surface area contributed by atoms with Crippen molar-refractivity contribution in [2.75, 3.05) is 0 Å². The smallest absolute Gasteiger partial charge is 0.164 e. The molecule has 8 aromatic carbocycles. The number of hydrogen-bond donors (Lipinski definition) is 0. The summed E-state index contributed by atoms with van der Waals surface area (Å²) in [5.74, 6) is 1.95. The molecule has 3 heterocycles. The van der Waals surface area contributed by atoms with Crippen molar-refractivity contribution >= 4 is 43.6 Å². The van der Waals surface area contributed by atoms with Crippen molar-refractivity contribution in [3.05, 3.63) is 199 Å². The first-order valence-corrected chi connectivity index (χ1v) is 19.9. The molecule has 1 aliphatic rings. The Kier molecular flexibility index (Phi) is 7.29. The fraction of sp³-hybridized carbons (Fsp3) is 0.0377. The Morgan fingerprint density at radius 3 is 1.59 bits per heavy atom. The van der Waals surface area contributed by atoms with E-state index in [-0.39, 0.29) is 0 Å². The number of nitrogens with zero attached hydrogens (tertiary/aromatic N) is 5. The van der Waals surface area contributed by atoms with Gasteiger partial charge >= 0.3 is 0 Å². The zero-order valence-corrected chi connectivity index (χ0v) is 31.5. The van der Waals surface area contributed by atoms with E-state index in [1.165, 1.54) is 60.4 Å². The van der Waals surface area contributed by atoms with Gasteiger partial charge in [0.1, 0.15) is 0 Å². The van der Waals surface area contributed by atoms with Crippen LogP contribution in [0.4, 0.5) is 0 Å². The average molecular weight is 742 g/mol. The van der Waals surface area contributed by atoms with Gasteiger partial charge in [0.2, 0.25) is 0 Å². The number of aromatic nitrogens is 5. The lowest BCUT2D eigenvalue weighted by Crippen LogP contribution is -2.01. The van der Waals surface area contributed by atoms with Crippen molar-refractivity contribution in [3.63, 3.8) is 0 Å². The van der Waals surface area contributed by atoms with Gasteiger partial charge in [0.15, 0.2) is 17.5 Å². The van der Waals surface area contributed by atoms with Crippen molar-refractivity contribution in [3.8, 4) is 56.7 Å². The van der Waals surface area contributed by atoms with Crippen LogP contribution in [0.2, 0.25) is 0 Å². The predicted molar refractivity (Wildman–Crippen MR) is 238 cm³/mol. The standard InChI is InChI=1S/C53H35N5/c1-4-14-36(15-5-1)51-54-52(37-16-6-2-7-17-37)56-53(55-51)40-20-12-19-38(32-40)34-28-30-42(31-29-34)57-45-24-11-10-23-43(45)44-33-39-27-26-35-18-13-25-46-47(35)48(39)50(49(44)57)58(46)41-21-8-3-9-22-41/h1-25,28-33H,26-27H2. The minimum Gasteiger partial charge on any atom is -0.307 e. The van der Waals surface area contributed by atoms with Crippen molar-refractivity contribution in [2.24, 2.45) is 0 Å². The summed E-state index contributed by atoms with van der Waals surface area (Å²) in [6.07, 6.45) is 2.09. The molecule has 0 radical (unpaired) electrons. The summed E-state index contributed by atoms with van der Waals surface area (Å²) >= 11 is 0. The molecule has 0 aliphatic heterocycles. The molecule has 272 valence electrons. The molecule has 0 bridgehead atoms. The SMILES string of the molecule is c1ccc(-c2nc(-c3ccccc3)nc(-c3cccc(-c4ccc(-n5c6ccccc6c6cc7c8c9c(cccc9n(-c9ccccc9)c8c65)CC7)cc4)c3)n2)cc1.